The van der Waals surface area contributed by atoms with E-state index in [1.165, 1.54) is 43.8 Å². The van der Waals surface area contributed by atoms with Gasteiger partial charge in [-0.05, 0) is 247 Å². The number of methoxy groups -OCH3 is 1. The zero-order valence-electron chi connectivity index (χ0n) is 66.6. The van der Waals surface area contributed by atoms with E-state index in [0.29, 0.717) is 5.82 Å². The van der Waals surface area contributed by atoms with E-state index >= 15 is 0 Å². The molecule has 0 fully saturated rings. The van der Waals surface area contributed by atoms with E-state index in [0.717, 1.165) is 188 Å². The van der Waals surface area contributed by atoms with Crippen LogP contribution in [0.15, 0.2) is 431 Å². The molecular weight excluding hydrogens is 1480 g/mol. The molecule has 0 N–H and O–H groups in total. The molecule has 0 bridgehead atoms. The van der Waals surface area contributed by atoms with Crippen molar-refractivity contribution in [1.82, 2.24) is 28.2 Å². The highest BCUT2D eigenvalue weighted by molar-refractivity contribution is 6.18. The van der Waals surface area contributed by atoms with Crippen LogP contribution in [0.4, 0.5) is 0 Å². The summed E-state index contributed by atoms with van der Waals surface area (Å²) in [6.07, 6.45) is 0. The summed E-state index contributed by atoms with van der Waals surface area (Å²) in [5.74, 6) is 1.43. The summed E-state index contributed by atoms with van der Waals surface area (Å²) in [5, 5.41) is 12.4. The monoisotopic (exact) mass is 1550 g/mol. The molecular formula is C115H74N6O. The maximum Gasteiger partial charge on any atom is 0.160 e. The first-order chi connectivity index (χ1) is 60.4. The summed E-state index contributed by atoms with van der Waals surface area (Å²) in [5.41, 5.74) is 32.6. The molecule has 0 amide bonds. The quantitative estimate of drug-likeness (QED) is 0.102. The Balaban J connectivity index is 0.755. The maximum absolute atomic E-state index is 5.89. The van der Waals surface area contributed by atoms with Gasteiger partial charge < -0.3 is 23.0 Å². The third-order valence-corrected chi connectivity index (χ3v) is 25.0. The number of hydrogen-bond acceptors (Lipinski definition) is 3. The van der Waals surface area contributed by atoms with Crippen molar-refractivity contribution in [2.24, 2.45) is 0 Å². The van der Waals surface area contributed by atoms with Gasteiger partial charge in [-0.25, -0.2) is 9.97 Å². The van der Waals surface area contributed by atoms with Gasteiger partial charge in [-0.1, -0.05) is 267 Å². The SMILES string of the molecule is COc1ccc(-c2cccc(-c3nc(-c4cc(-n5c6ccc(-c7ccccc7)cc6c6cc(-c7ccc8c(c7)c7cc(-c9ccccc9)ccc7n8-c7ccccc7)ccc65)cc(-n5c6ccc(-c7ccccc7)cc6c6cc(-c7ccc8c(c7)c7cc(-c9ccccc9)ccc7n8-c7ccccc7)ccc65)c4)c4ccc5ccccc5c4n3)c2)cc1. The largest absolute Gasteiger partial charge is 0.497 e. The summed E-state index contributed by atoms with van der Waals surface area (Å²) >= 11 is 0. The average Bonchev–Trinajstić information content (AvgIpc) is 1.53. The Morgan fingerprint density at radius 3 is 0.828 bits per heavy atom. The second-order valence-corrected chi connectivity index (χ2v) is 32.0. The van der Waals surface area contributed by atoms with Crippen molar-refractivity contribution in [3.05, 3.63) is 431 Å². The lowest BCUT2D eigenvalue weighted by atomic mass is 9.98. The first kappa shape index (κ1) is 70.0. The molecule has 0 aliphatic heterocycles. The summed E-state index contributed by atoms with van der Waals surface area (Å²) in [4.78, 5) is 11.5. The summed E-state index contributed by atoms with van der Waals surface area (Å²) in [7, 11) is 1.71. The molecule has 19 aromatic carbocycles. The van der Waals surface area contributed by atoms with Crippen LogP contribution in [0.5, 0.6) is 5.75 Å². The number of aromatic nitrogens is 6. The first-order valence-electron chi connectivity index (χ1n) is 41.7. The van der Waals surface area contributed by atoms with Gasteiger partial charge in [0.15, 0.2) is 5.82 Å². The van der Waals surface area contributed by atoms with Crippen LogP contribution in [0.25, 0.3) is 232 Å². The smallest absolute Gasteiger partial charge is 0.160 e. The number of ether oxygens (including phenoxy) is 1. The van der Waals surface area contributed by atoms with Crippen LogP contribution in [-0.4, -0.2) is 35.3 Å². The first-order valence-corrected chi connectivity index (χ1v) is 41.7. The van der Waals surface area contributed by atoms with Crippen molar-refractivity contribution >= 4 is 109 Å². The van der Waals surface area contributed by atoms with Gasteiger partial charge >= 0.3 is 0 Å². The maximum atomic E-state index is 5.89. The summed E-state index contributed by atoms with van der Waals surface area (Å²) < 4.78 is 15.5. The third kappa shape index (κ3) is 11.7. The van der Waals surface area contributed by atoms with E-state index in [-0.39, 0.29) is 0 Å². The molecule has 0 atom stereocenters. The number of rotatable bonds is 14. The third-order valence-electron chi connectivity index (χ3n) is 25.0. The van der Waals surface area contributed by atoms with Gasteiger partial charge in [-0.2, -0.15) is 0 Å². The zero-order chi connectivity index (χ0) is 80.5. The van der Waals surface area contributed by atoms with Crippen LogP contribution < -0.4 is 4.74 Å². The number of nitrogens with zero attached hydrogens (tertiary/aromatic N) is 6. The predicted octanol–water partition coefficient (Wildman–Crippen LogP) is 30.2. The second kappa shape index (κ2) is 28.6. The van der Waals surface area contributed by atoms with Gasteiger partial charge in [0.2, 0.25) is 0 Å². The fourth-order valence-corrected chi connectivity index (χ4v) is 19.1. The lowest BCUT2D eigenvalue weighted by Crippen LogP contribution is -2.02. The van der Waals surface area contributed by atoms with E-state index in [1.54, 1.807) is 7.11 Å². The fourth-order valence-electron chi connectivity index (χ4n) is 19.1. The molecule has 5 heterocycles. The molecule has 7 heteroatoms. The molecule has 0 radical (unpaired) electrons. The molecule has 122 heavy (non-hydrogen) atoms. The van der Waals surface area contributed by atoms with Gasteiger partial charge in [0, 0.05) is 87.7 Å². The van der Waals surface area contributed by atoms with Crippen LogP contribution >= 0.6 is 0 Å². The van der Waals surface area contributed by atoms with Gasteiger partial charge in [0.1, 0.15) is 5.75 Å². The molecule has 0 aliphatic rings. The minimum atomic E-state index is 0.626. The Morgan fingerprint density at radius 2 is 0.467 bits per heavy atom. The molecule has 0 unspecified atom stereocenters. The van der Waals surface area contributed by atoms with Crippen LogP contribution in [0, 0.1) is 0 Å². The fraction of sp³-hybridized carbons (Fsp3) is 0.00870. The molecule has 0 saturated carbocycles. The van der Waals surface area contributed by atoms with E-state index < -0.39 is 0 Å². The molecule has 570 valence electrons. The van der Waals surface area contributed by atoms with Crippen LogP contribution in [-0.2, 0) is 0 Å². The van der Waals surface area contributed by atoms with Crippen molar-refractivity contribution in [1.29, 1.82) is 0 Å². The number of para-hydroxylation sites is 2. The highest BCUT2D eigenvalue weighted by atomic mass is 16.5. The Labute approximate surface area is 704 Å². The summed E-state index contributed by atoms with van der Waals surface area (Å²) in [6.45, 7) is 0. The highest BCUT2D eigenvalue weighted by Crippen LogP contribution is 2.47. The van der Waals surface area contributed by atoms with Crippen LogP contribution in [0.1, 0.15) is 0 Å². The zero-order valence-corrected chi connectivity index (χ0v) is 66.6. The van der Waals surface area contributed by atoms with E-state index in [2.05, 4.69) is 437 Å². The molecule has 24 rings (SSSR count). The van der Waals surface area contributed by atoms with Crippen LogP contribution in [0.3, 0.4) is 0 Å². The van der Waals surface area contributed by atoms with Gasteiger partial charge in [-0.15, -0.1) is 0 Å². The van der Waals surface area contributed by atoms with Crippen LogP contribution in [0.2, 0.25) is 0 Å². The standard InChI is InChI=1S/C115H74N6O/c1-122-94-50-39-77(40-51-94)79-32-22-33-88(61-79)115-116-113(96-52-41-78-31-20-21-38-95(78)114(96)117-115)89-62-92(120-109-55-44-82(75-27-12-4-13-28-75)66-99(109)103-70-86(48-59-111(103)120)84-46-57-107-101(68-84)97-64-80(73-23-8-2-9-24-73)42-53-105(97)118(107)90-34-16-6-17-35-90)72-93(63-89)121-110-56-45-83(76-29-14-5-15-30-76)67-100(110)104-71-87(49-60-112(104)121)85-47-58-108-102(69-85)98-65-81(74-25-10-3-11-26-74)43-54-106(98)119(108)91-36-18-7-19-37-91/h2-72H,1H3. The second-order valence-electron chi connectivity index (χ2n) is 32.0. The minimum absolute atomic E-state index is 0.626. The van der Waals surface area contributed by atoms with E-state index in [1.807, 2.05) is 12.1 Å². The topological polar surface area (TPSA) is 54.7 Å². The molecule has 5 aromatic heterocycles. The molecule has 0 aliphatic carbocycles. The Morgan fingerprint density at radius 1 is 0.180 bits per heavy atom. The van der Waals surface area contributed by atoms with Crippen molar-refractivity contribution in [3.63, 3.8) is 0 Å². The lowest BCUT2D eigenvalue weighted by Gasteiger charge is -2.17. The average molecular weight is 1560 g/mol. The summed E-state index contributed by atoms with van der Waals surface area (Å²) in [6, 6.07) is 158. The Bertz CT molecular complexity index is 7930. The van der Waals surface area contributed by atoms with E-state index in [4.69, 9.17) is 14.7 Å². The Hall–Kier alpha value is -16.2. The molecule has 7 nitrogen and oxygen atoms in total. The minimum Gasteiger partial charge on any atom is -0.497 e. The lowest BCUT2D eigenvalue weighted by molar-refractivity contribution is 0.415. The number of fused-ring (bicyclic) bond motifs is 15. The predicted molar refractivity (Wildman–Crippen MR) is 510 cm³/mol. The van der Waals surface area contributed by atoms with Crippen molar-refractivity contribution < 1.29 is 4.74 Å². The molecule has 0 spiro atoms. The van der Waals surface area contributed by atoms with Gasteiger partial charge in [-0.3, -0.25) is 0 Å². The number of benzene rings is 19. The van der Waals surface area contributed by atoms with E-state index in [9.17, 15) is 0 Å². The normalized spacial score (nSPS) is 11.8. The molecule has 24 aromatic rings. The van der Waals surface area contributed by atoms with Crippen molar-refractivity contribution in [2.75, 3.05) is 7.11 Å². The molecule has 0 saturated heterocycles. The van der Waals surface area contributed by atoms with Crippen molar-refractivity contribution in [2.45, 2.75) is 0 Å². The Kier molecular flexibility index (Phi) is 16.4. The highest BCUT2D eigenvalue weighted by Gasteiger charge is 2.25. The van der Waals surface area contributed by atoms with Crippen molar-refractivity contribution in [3.8, 4) is 129 Å². The van der Waals surface area contributed by atoms with Gasteiger partial charge in [0.05, 0.1) is 62.5 Å². The number of hydrogen-bond donors (Lipinski definition) is 0. The van der Waals surface area contributed by atoms with Gasteiger partial charge in [0.25, 0.3) is 0 Å².